The molecular formula is C20H20N4O5. The first-order valence-electron chi connectivity index (χ1n) is 8.73. The molecule has 150 valence electrons. The molecule has 9 nitrogen and oxygen atoms in total. The standard InChI is InChI=1S/C20H20N4O5/c1-12-13-7-5-6-8-15(13)22-19(21-12)11-23(2)20(25)14-9-17(28-3)18(29-4)10-16(14)24(26)27/h5-10H,11H2,1-4H3. The number of hydrogen-bond acceptors (Lipinski definition) is 7. The molecule has 0 spiro atoms. The lowest BCUT2D eigenvalue weighted by atomic mass is 10.1. The molecular weight excluding hydrogens is 376 g/mol. The molecule has 1 heterocycles. The maximum Gasteiger partial charge on any atom is 0.286 e. The molecule has 29 heavy (non-hydrogen) atoms. The van der Waals surface area contributed by atoms with Crippen molar-refractivity contribution in [3.05, 3.63) is 63.6 Å². The lowest BCUT2D eigenvalue weighted by Gasteiger charge is -2.18. The molecule has 0 aliphatic rings. The third-order valence-corrected chi connectivity index (χ3v) is 4.49. The lowest BCUT2D eigenvalue weighted by Crippen LogP contribution is -2.28. The van der Waals surface area contributed by atoms with Crippen LogP contribution in [0.5, 0.6) is 11.5 Å². The number of methoxy groups -OCH3 is 2. The Kier molecular flexibility index (Phi) is 5.58. The van der Waals surface area contributed by atoms with E-state index in [1.807, 2.05) is 31.2 Å². The quantitative estimate of drug-likeness (QED) is 0.465. The fourth-order valence-corrected chi connectivity index (χ4v) is 3.05. The van der Waals surface area contributed by atoms with E-state index in [4.69, 9.17) is 9.47 Å². The fraction of sp³-hybridized carbons (Fsp3) is 0.250. The molecule has 0 saturated heterocycles. The van der Waals surface area contributed by atoms with Crippen LogP contribution in [0, 0.1) is 17.0 Å². The Balaban J connectivity index is 1.95. The largest absolute Gasteiger partial charge is 0.493 e. The van der Waals surface area contributed by atoms with Crippen molar-refractivity contribution in [1.82, 2.24) is 14.9 Å². The number of para-hydroxylation sites is 1. The second kappa shape index (κ2) is 8.09. The Morgan fingerprint density at radius 2 is 1.79 bits per heavy atom. The van der Waals surface area contributed by atoms with Gasteiger partial charge in [-0.1, -0.05) is 18.2 Å². The zero-order chi connectivity index (χ0) is 21.1. The molecule has 0 aliphatic heterocycles. The number of rotatable bonds is 6. The van der Waals surface area contributed by atoms with E-state index >= 15 is 0 Å². The number of fused-ring (bicyclic) bond motifs is 1. The number of nitrogens with zero attached hydrogens (tertiary/aromatic N) is 4. The minimum atomic E-state index is -0.625. The number of amides is 1. The number of carbonyl (C=O) groups excluding carboxylic acids is 1. The van der Waals surface area contributed by atoms with Crippen LogP contribution < -0.4 is 9.47 Å². The van der Waals surface area contributed by atoms with Crippen molar-refractivity contribution in [1.29, 1.82) is 0 Å². The highest BCUT2D eigenvalue weighted by molar-refractivity contribution is 5.99. The van der Waals surface area contributed by atoms with E-state index in [-0.39, 0.29) is 29.3 Å². The van der Waals surface area contributed by atoms with E-state index in [2.05, 4.69) is 9.97 Å². The summed E-state index contributed by atoms with van der Waals surface area (Å²) >= 11 is 0. The van der Waals surface area contributed by atoms with Crippen LogP contribution in [0.3, 0.4) is 0 Å². The van der Waals surface area contributed by atoms with Crippen molar-refractivity contribution in [3.63, 3.8) is 0 Å². The van der Waals surface area contributed by atoms with Crippen molar-refractivity contribution in [3.8, 4) is 11.5 Å². The molecule has 3 rings (SSSR count). The molecule has 1 aromatic heterocycles. The van der Waals surface area contributed by atoms with Crippen LogP contribution in [0.1, 0.15) is 21.9 Å². The Labute approximate surface area is 167 Å². The maximum atomic E-state index is 13.0. The third-order valence-electron chi connectivity index (χ3n) is 4.49. The van der Waals surface area contributed by atoms with Gasteiger partial charge in [-0.05, 0) is 13.0 Å². The predicted molar refractivity (Wildman–Crippen MR) is 106 cm³/mol. The highest BCUT2D eigenvalue weighted by atomic mass is 16.6. The van der Waals surface area contributed by atoms with Crippen LogP contribution >= 0.6 is 0 Å². The minimum absolute atomic E-state index is 0.0933. The topological polar surface area (TPSA) is 108 Å². The molecule has 0 atom stereocenters. The molecule has 0 bridgehead atoms. The van der Waals surface area contributed by atoms with Crippen molar-refractivity contribution in [2.75, 3.05) is 21.3 Å². The van der Waals surface area contributed by atoms with E-state index in [9.17, 15) is 14.9 Å². The lowest BCUT2D eigenvalue weighted by molar-refractivity contribution is -0.385. The number of aryl methyl sites for hydroxylation is 1. The summed E-state index contributed by atoms with van der Waals surface area (Å²) in [6, 6.07) is 10.1. The predicted octanol–water partition coefficient (Wildman–Crippen LogP) is 3.14. The molecule has 0 unspecified atom stereocenters. The Bertz CT molecular complexity index is 1100. The molecule has 0 saturated carbocycles. The van der Waals surface area contributed by atoms with Gasteiger partial charge in [0.2, 0.25) is 0 Å². The number of hydrogen-bond donors (Lipinski definition) is 0. The highest BCUT2D eigenvalue weighted by Gasteiger charge is 2.27. The van der Waals surface area contributed by atoms with Gasteiger partial charge >= 0.3 is 0 Å². The van der Waals surface area contributed by atoms with Crippen molar-refractivity contribution in [2.45, 2.75) is 13.5 Å². The second-order valence-corrected chi connectivity index (χ2v) is 6.39. The van der Waals surface area contributed by atoms with Crippen LogP contribution in [0.2, 0.25) is 0 Å². The Hall–Kier alpha value is -3.75. The maximum absolute atomic E-state index is 13.0. The molecule has 0 fully saturated rings. The molecule has 2 aromatic carbocycles. The van der Waals surface area contributed by atoms with Gasteiger partial charge in [-0.2, -0.15) is 0 Å². The summed E-state index contributed by atoms with van der Waals surface area (Å²) in [7, 11) is 4.30. The van der Waals surface area contributed by atoms with Gasteiger partial charge in [0.15, 0.2) is 11.5 Å². The fourth-order valence-electron chi connectivity index (χ4n) is 3.05. The summed E-state index contributed by atoms with van der Waals surface area (Å²) in [4.78, 5) is 34.1. The summed E-state index contributed by atoms with van der Waals surface area (Å²) in [6.45, 7) is 1.96. The van der Waals surface area contributed by atoms with Gasteiger partial charge in [0, 0.05) is 24.2 Å². The van der Waals surface area contributed by atoms with Gasteiger partial charge in [0.05, 0.1) is 37.3 Å². The Morgan fingerprint density at radius 3 is 2.45 bits per heavy atom. The van der Waals surface area contributed by atoms with Crippen molar-refractivity contribution in [2.24, 2.45) is 0 Å². The first kappa shape index (κ1) is 20.0. The SMILES string of the molecule is COc1cc(C(=O)N(C)Cc2nc(C)c3ccccc3n2)c([N+](=O)[O-])cc1OC. The van der Waals surface area contributed by atoms with Crippen LogP contribution in [0.15, 0.2) is 36.4 Å². The number of nitro groups is 1. The van der Waals surface area contributed by atoms with Gasteiger partial charge in [0.1, 0.15) is 11.4 Å². The van der Waals surface area contributed by atoms with Crippen LogP contribution in [-0.2, 0) is 6.54 Å². The van der Waals surface area contributed by atoms with Gasteiger partial charge in [-0.15, -0.1) is 0 Å². The van der Waals surface area contributed by atoms with Gasteiger partial charge < -0.3 is 14.4 Å². The number of nitro benzene ring substituents is 1. The first-order valence-corrected chi connectivity index (χ1v) is 8.73. The van der Waals surface area contributed by atoms with Gasteiger partial charge in [-0.3, -0.25) is 14.9 Å². The van der Waals surface area contributed by atoms with Crippen molar-refractivity contribution < 1.29 is 19.2 Å². The smallest absolute Gasteiger partial charge is 0.286 e. The minimum Gasteiger partial charge on any atom is -0.493 e. The number of aromatic nitrogens is 2. The Morgan fingerprint density at radius 1 is 1.14 bits per heavy atom. The zero-order valence-corrected chi connectivity index (χ0v) is 16.5. The third kappa shape index (κ3) is 3.93. The number of ether oxygens (including phenoxy) is 2. The molecule has 3 aromatic rings. The summed E-state index contributed by atoms with van der Waals surface area (Å²) in [5.41, 5.74) is 1.10. The van der Waals surface area contributed by atoms with E-state index in [0.717, 1.165) is 16.6 Å². The summed E-state index contributed by atoms with van der Waals surface area (Å²) in [5.74, 6) is 0.298. The average molecular weight is 396 g/mol. The summed E-state index contributed by atoms with van der Waals surface area (Å²) in [6.07, 6.45) is 0. The van der Waals surface area contributed by atoms with Crippen LogP contribution in [0.4, 0.5) is 5.69 Å². The van der Waals surface area contributed by atoms with Gasteiger partial charge in [-0.25, -0.2) is 9.97 Å². The number of benzene rings is 2. The van der Waals surface area contributed by atoms with E-state index < -0.39 is 10.8 Å². The number of carbonyl (C=O) groups is 1. The molecule has 0 radical (unpaired) electrons. The molecule has 0 N–H and O–H groups in total. The monoisotopic (exact) mass is 396 g/mol. The molecule has 1 amide bonds. The van der Waals surface area contributed by atoms with E-state index in [0.29, 0.717) is 5.82 Å². The van der Waals surface area contributed by atoms with Crippen molar-refractivity contribution >= 4 is 22.5 Å². The molecule has 9 heteroatoms. The zero-order valence-electron chi connectivity index (χ0n) is 16.5. The van der Waals surface area contributed by atoms with Crippen LogP contribution in [0.25, 0.3) is 10.9 Å². The second-order valence-electron chi connectivity index (χ2n) is 6.39. The van der Waals surface area contributed by atoms with E-state index in [1.165, 1.54) is 38.3 Å². The van der Waals surface area contributed by atoms with E-state index in [1.54, 1.807) is 0 Å². The van der Waals surface area contributed by atoms with Gasteiger partial charge in [0.25, 0.3) is 11.6 Å². The normalized spacial score (nSPS) is 10.6. The summed E-state index contributed by atoms with van der Waals surface area (Å²) in [5, 5.41) is 12.4. The van der Waals surface area contributed by atoms with Crippen LogP contribution in [-0.4, -0.2) is 47.0 Å². The highest BCUT2D eigenvalue weighted by Crippen LogP contribution is 2.35. The summed E-state index contributed by atoms with van der Waals surface area (Å²) < 4.78 is 10.3. The first-order chi connectivity index (χ1) is 13.8. The average Bonchev–Trinajstić information content (AvgIpc) is 2.72. The molecule has 0 aliphatic carbocycles.